The molecule has 29 heavy (non-hydrogen) atoms. The first-order valence-corrected chi connectivity index (χ1v) is 10.8. The predicted molar refractivity (Wildman–Crippen MR) is 106 cm³/mol. The van der Waals surface area contributed by atoms with Crippen molar-refractivity contribution in [1.82, 2.24) is 10.2 Å². The molecular weight excluding hydrogens is 366 g/mol. The summed E-state index contributed by atoms with van der Waals surface area (Å²) in [7, 11) is 0. The number of morpholine rings is 1. The number of amides is 2. The van der Waals surface area contributed by atoms with E-state index in [4.69, 9.17) is 10.00 Å². The van der Waals surface area contributed by atoms with E-state index in [-0.39, 0.29) is 24.4 Å². The molecule has 1 aromatic carbocycles. The molecule has 1 saturated heterocycles. The van der Waals surface area contributed by atoms with Gasteiger partial charge in [0, 0.05) is 18.2 Å². The van der Waals surface area contributed by atoms with Crippen molar-refractivity contribution in [3.8, 4) is 6.07 Å². The van der Waals surface area contributed by atoms with Crippen LogP contribution in [0, 0.1) is 35.0 Å². The van der Waals surface area contributed by atoms with Crippen LogP contribution in [0.1, 0.15) is 48.0 Å². The predicted octanol–water partition coefficient (Wildman–Crippen LogP) is 2.34. The molecule has 1 aromatic rings. The van der Waals surface area contributed by atoms with Gasteiger partial charge in [0.15, 0.2) is 6.10 Å². The van der Waals surface area contributed by atoms with Crippen molar-refractivity contribution in [2.24, 2.45) is 23.7 Å². The quantitative estimate of drug-likeness (QED) is 0.855. The molecule has 2 amide bonds. The first-order chi connectivity index (χ1) is 14.1. The average Bonchev–Trinajstić information content (AvgIpc) is 2.75. The van der Waals surface area contributed by atoms with Crippen LogP contribution in [-0.2, 0) is 9.53 Å². The topological polar surface area (TPSA) is 82.4 Å². The van der Waals surface area contributed by atoms with Gasteiger partial charge in [0.05, 0.1) is 24.8 Å². The van der Waals surface area contributed by atoms with Crippen molar-refractivity contribution in [2.45, 2.75) is 44.2 Å². The molecule has 4 bridgehead atoms. The van der Waals surface area contributed by atoms with Crippen LogP contribution in [0.4, 0.5) is 0 Å². The molecule has 6 nitrogen and oxygen atoms in total. The minimum atomic E-state index is -0.608. The van der Waals surface area contributed by atoms with Crippen LogP contribution in [0.2, 0.25) is 0 Å². The number of rotatable bonds is 3. The van der Waals surface area contributed by atoms with Crippen molar-refractivity contribution >= 4 is 11.8 Å². The van der Waals surface area contributed by atoms with Gasteiger partial charge in [-0.3, -0.25) is 9.59 Å². The van der Waals surface area contributed by atoms with Gasteiger partial charge in [0.1, 0.15) is 0 Å². The number of nitrogens with one attached hydrogen (secondary N) is 1. The maximum atomic E-state index is 13.0. The third-order valence-electron chi connectivity index (χ3n) is 7.44. The fourth-order valence-corrected chi connectivity index (χ4v) is 6.28. The van der Waals surface area contributed by atoms with Gasteiger partial charge in [0.2, 0.25) is 0 Å². The zero-order valence-corrected chi connectivity index (χ0v) is 16.5. The zero-order chi connectivity index (χ0) is 20.0. The summed E-state index contributed by atoms with van der Waals surface area (Å²) < 4.78 is 5.74. The molecule has 4 aliphatic carbocycles. The maximum absolute atomic E-state index is 13.0. The molecule has 0 spiro atoms. The number of ether oxygens (including phenoxy) is 1. The van der Waals surface area contributed by atoms with Crippen molar-refractivity contribution in [3.05, 3.63) is 35.4 Å². The van der Waals surface area contributed by atoms with Crippen molar-refractivity contribution in [1.29, 1.82) is 5.26 Å². The molecule has 1 N–H and O–H groups in total. The molecule has 152 valence electrons. The fourth-order valence-electron chi connectivity index (χ4n) is 6.28. The van der Waals surface area contributed by atoms with E-state index in [2.05, 4.69) is 11.4 Å². The number of carbonyl (C=O) groups is 2. The molecule has 5 aliphatic rings. The second kappa shape index (κ2) is 7.46. The van der Waals surface area contributed by atoms with Crippen LogP contribution in [0.5, 0.6) is 0 Å². The zero-order valence-electron chi connectivity index (χ0n) is 16.5. The third kappa shape index (κ3) is 3.53. The van der Waals surface area contributed by atoms with E-state index in [1.165, 1.54) is 32.1 Å². The largest absolute Gasteiger partial charge is 0.365 e. The van der Waals surface area contributed by atoms with Gasteiger partial charge < -0.3 is 15.0 Å². The second-order valence-corrected chi connectivity index (χ2v) is 9.26. The smallest absolute Gasteiger partial charge is 0.254 e. The van der Waals surface area contributed by atoms with Crippen LogP contribution in [-0.4, -0.2) is 48.6 Å². The molecule has 6 heteroatoms. The number of carbonyl (C=O) groups excluding carboxylic acids is 2. The Morgan fingerprint density at radius 1 is 1.03 bits per heavy atom. The molecule has 1 unspecified atom stereocenters. The lowest BCUT2D eigenvalue weighted by Gasteiger charge is -2.54. The van der Waals surface area contributed by atoms with Gasteiger partial charge in [-0.1, -0.05) is 0 Å². The highest BCUT2D eigenvalue weighted by atomic mass is 16.5. The van der Waals surface area contributed by atoms with E-state index in [9.17, 15) is 9.59 Å². The van der Waals surface area contributed by atoms with E-state index < -0.39 is 6.10 Å². The Labute approximate surface area is 171 Å². The highest BCUT2D eigenvalue weighted by molar-refractivity contribution is 5.95. The minimum absolute atomic E-state index is 0.0696. The van der Waals surface area contributed by atoms with Crippen LogP contribution in [0.25, 0.3) is 0 Å². The average molecular weight is 393 g/mol. The van der Waals surface area contributed by atoms with Crippen LogP contribution in [0.3, 0.4) is 0 Å². The maximum Gasteiger partial charge on any atom is 0.254 e. The van der Waals surface area contributed by atoms with Crippen LogP contribution < -0.4 is 5.32 Å². The molecule has 6 rings (SSSR count). The SMILES string of the molecule is N#Cc1ccc(C(=O)N2CCOC(C(=O)NC3C4CC5CC(C4)CC3C5)C2)cc1. The number of hydrogen-bond donors (Lipinski definition) is 1. The first-order valence-electron chi connectivity index (χ1n) is 10.8. The van der Waals surface area contributed by atoms with Gasteiger partial charge in [0.25, 0.3) is 11.8 Å². The minimum Gasteiger partial charge on any atom is -0.365 e. The summed E-state index contributed by atoms with van der Waals surface area (Å²) >= 11 is 0. The molecule has 0 radical (unpaired) electrons. The van der Waals surface area contributed by atoms with Crippen LogP contribution in [0.15, 0.2) is 24.3 Å². The third-order valence-corrected chi connectivity index (χ3v) is 7.44. The van der Waals surface area contributed by atoms with Crippen molar-refractivity contribution in [3.63, 3.8) is 0 Å². The Bertz CT molecular complexity index is 816. The Morgan fingerprint density at radius 3 is 2.31 bits per heavy atom. The number of benzene rings is 1. The highest BCUT2D eigenvalue weighted by Crippen LogP contribution is 2.53. The Hall–Kier alpha value is -2.39. The normalized spacial score (nSPS) is 35.2. The van der Waals surface area contributed by atoms with Gasteiger partial charge in [-0.2, -0.15) is 5.26 Å². The Balaban J connectivity index is 1.22. The lowest BCUT2D eigenvalue weighted by atomic mass is 9.54. The summed E-state index contributed by atoms with van der Waals surface area (Å²) in [5, 5.41) is 12.2. The second-order valence-electron chi connectivity index (χ2n) is 9.26. The van der Waals surface area contributed by atoms with Crippen molar-refractivity contribution in [2.75, 3.05) is 19.7 Å². The van der Waals surface area contributed by atoms with Gasteiger partial charge in [-0.05, 0) is 80.0 Å². The van der Waals surface area contributed by atoms with E-state index in [1.54, 1.807) is 29.2 Å². The van der Waals surface area contributed by atoms with E-state index in [1.807, 2.05) is 0 Å². The van der Waals surface area contributed by atoms with Gasteiger partial charge in [-0.25, -0.2) is 0 Å². The van der Waals surface area contributed by atoms with Gasteiger partial charge >= 0.3 is 0 Å². The standard InChI is InChI=1S/C23H27N3O3/c24-12-14-1-3-17(4-2-14)23(28)26-5-6-29-20(13-26)22(27)25-21-18-8-15-7-16(10-18)11-19(21)9-15/h1-4,15-16,18-21H,5-11,13H2,(H,25,27). The summed E-state index contributed by atoms with van der Waals surface area (Å²) in [4.78, 5) is 27.5. The summed E-state index contributed by atoms with van der Waals surface area (Å²) in [5.41, 5.74) is 1.06. The lowest BCUT2D eigenvalue weighted by Crippen LogP contribution is -2.59. The lowest BCUT2D eigenvalue weighted by molar-refractivity contribution is -0.141. The highest BCUT2D eigenvalue weighted by Gasteiger charge is 2.49. The molecule has 5 fully saturated rings. The van der Waals surface area contributed by atoms with E-state index in [0.29, 0.717) is 36.1 Å². The van der Waals surface area contributed by atoms with Gasteiger partial charge in [-0.15, -0.1) is 0 Å². The van der Waals surface area contributed by atoms with Crippen molar-refractivity contribution < 1.29 is 14.3 Å². The number of nitriles is 1. The van der Waals surface area contributed by atoms with Crippen LogP contribution >= 0.6 is 0 Å². The molecule has 4 saturated carbocycles. The summed E-state index contributed by atoms with van der Waals surface area (Å²) in [6, 6.07) is 8.96. The van der Waals surface area contributed by atoms with E-state index >= 15 is 0 Å². The fraction of sp³-hybridized carbons (Fsp3) is 0.609. The molecular formula is C23H27N3O3. The monoisotopic (exact) mass is 393 g/mol. The first kappa shape index (κ1) is 18.6. The Morgan fingerprint density at radius 2 is 1.69 bits per heavy atom. The molecule has 1 aliphatic heterocycles. The number of hydrogen-bond acceptors (Lipinski definition) is 4. The Kier molecular flexibility index (Phi) is 4.79. The summed E-state index contributed by atoms with van der Waals surface area (Å²) in [6.45, 7) is 1.11. The molecule has 1 atom stereocenters. The molecule has 0 aromatic heterocycles. The number of nitrogens with zero attached hydrogens (tertiary/aromatic N) is 2. The summed E-state index contributed by atoms with van der Waals surface area (Å²) in [5.74, 6) is 2.80. The molecule has 1 heterocycles. The van der Waals surface area contributed by atoms with E-state index in [0.717, 1.165) is 11.8 Å². The summed E-state index contributed by atoms with van der Waals surface area (Å²) in [6.07, 6.45) is 5.81.